The van der Waals surface area contributed by atoms with Crippen molar-refractivity contribution in [3.05, 3.63) is 105 Å². The molecule has 280 valence electrons. The van der Waals surface area contributed by atoms with E-state index in [9.17, 15) is 33.4 Å². The number of rotatable bonds is 12. The number of methoxy groups -OCH3 is 1. The van der Waals surface area contributed by atoms with Crippen LogP contribution in [0.4, 0.5) is 13.2 Å². The number of likely N-dealkylation sites (tertiary alicyclic amines) is 1. The fraction of sp³-hybridized carbons (Fsp3) is 0.310. The minimum absolute atomic E-state index is 0.0398. The first-order valence-corrected chi connectivity index (χ1v) is 17.6. The zero-order valence-electron chi connectivity index (χ0n) is 30.4. The van der Waals surface area contributed by atoms with Gasteiger partial charge in [-0.15, -0.1) is 0 Å². The largest absolute Gasteiger partial charge is 0.496 e. The zero-order valence-corrected chi connectivity index (χ0v) is 30.4. The number of nitrogens with zero attached hydrogens (tertiary/aromatic N) is 3. The number of carboxylic acids is 1. The van der Waals surface area contributed by atoms with E-state index in [1.807, 2.05) is 56.3 Å². The number of halogens is 3. The lowest BCUT2D eigenvalue weighted by Gasteiger charge is -2.18. The summed E-state index contributed by atoms with van der Waals surface area (Å²) in [7, 11) is 1.41. The van der Waals surface area contributed by atoms with Gasteiger partial charge in [-0.05, 0) is 103 Å². The Hall–Kier alpha value is -5.48. The Morgan fingerprint density at radius 3 is 2.46 bits per heavy atom. The number of carbonyl (C=O) groups is 1. The molecule has 1 aromatic heterocycles. The molecule has 1 unspecified atom stereocenters. The van der Waals surface area contributed by atoms with Crippen LogP contribution in [0.3, 0.4) is 0 Å². The quantitative estimate of drug-likeness (QED) is 0.108. The number of aromatic nitrogens is 1. The van der Waals surface area contributed by atoms with Crippen LogP contribution < -0.4 is 10.1 Å². The number of carboxylic acid groups (broad SMARTS) is 1. The molecule has 0 saturated carbocycles. The van der Waals surface area contributed by atoms with E-state index in [0.717, 1.165) is 45.0 Å². The topological polar surface area (TPSA) is 132 Å². The molecule has 0 radical (unpaired) electrons. The van der Waals surface area contributed by atoms with Crippen molar-refractivity contribution < 1.29 is 37.3 Å². The van der Waals surface area contributed by atoms with Crippen molar-refractivity contribution in [2.24, 2.45) is 5.92 Å². The predicted octanol–water partition coefficient (Wildman–Crippen LogP) is 8.23. The molecule has 1 aliphatic rings. The second-order valence-corrected chi connectivity index (χ2v) is 13.7. The number of aliphatic hydroxyl groups excluding tert-OH is 1. The summed E-state index contributed by atoms with van der Waals surface area (Å²) in [6.45, 7) is 7.14. The van der Waals surface area contributed by atoms with Crippen LogP contribution in [0.15, 0.2) is 65.1 Å². The van der Waals surface area contributed by atoms with Crippen LogP contribution in [0.2, 0.25) is 0 Å². The number of nitriles is 1. The first-order chi connectivity index (χ1) is 25.8. The lowest BCUT2D eigenvalue weighted by molar-refractivity contribution is -0.141. The molecule has 0 aliphatic carbocycles. The summed E-state index contributed by atoms with van der Waals surface area (Å²) < 4.78 is 54.6. The fourth-order valence-electron chi connectivity index (χ4n) is 6.98. The van der Waals surface area contributed by atoms with E-state index < -0.39 is 23.6 Å². The summed E-state index contributed by atoms with van der Waals surface area (Å²) in [5, 5.41) is 31.7. The Balaban J connectivity index is 1.31. The Labute approximate surface area is 311 Å². The number of hydrogen-bond acceptors (Lipinski definition) is 8. The van der Waals surface area contributed by atoms with E-state index in [4.69, 9.17) is 14.1 Å². The van der Waals surface area contributed by atoms with Crippen molar-refractivity contribution in [2.45, 2.75) is 52.5 Å². The monoisotopic (exact) mass is 738 g/mol. The van der Waals surface area contributed by atoms with Gasteiger partial charge in [0.1, 0.15) is 17.3 Å². The second-order valence-electron chi connectivity index (χ2n) is 13.7. The van der Waals surface area contributed by atoms with Gasteiger partial charge in [-0.25, -0.2) is 4.98 Å². The maximum absolute atomic E-state index is 14.3. The zero-order chi connectivity index (χ0) is 38.7. The Morgan fingerprint density at radius 1 is 1.09 bits per heavy atom. The summed E-state index contributed by atoms with van der Waals surface area (Å²) in [6, 6.07) is 19.4. The van der Waals surface area contributed by atoms with E-state index in [2.05, 4.69) is 16.3 Å². The van der Waals surface area contributed by atoms with Crippen molar-refractivity contribution in [3.63, 3.8) is 0 Å². The SMILES string of the molecule is COc1cc(/C=C/c2cccc(-c3cccc(-c4nc5cc(CN6CC[C@@H](C(=O)O)C6)cc(C#N)c5o4)c3C)c2C)c(C(F)(F)F)cc1CNC(C)CO. The van der Waals surface area contributed by atoms with Crippen LogP contribution in [-0.2, 0) is 24.1 Å². The highest BCUT2D eigenvalue weighted by Gasteiger charge is 2.34. The lowest BCUT2D eigenvalue weighted by Crippen LogP contribution is -2.29. The molecule has 0 bridgehead atoms. The van der Waals surface area contributed by atoms with Gasteiger partial charge >= 0.3 is 12.1 Å². The van der Waals surface area contributed by atoms with Crippen LogP contribution in [0.5, 0.6) is 5.75 Å². The van der Waals surface area contributed by atoms with Gasteiger partial charge in [0.05, 0.1) is 30.8 Å². The fourth-order valence-corrected chi connectivity index (χ4v) is 6.98. The van der Waals surface area contributed by atoms with Crippen molar-refractivity contribution in [2.75, 3.05) is 26.8 Å². The van der Waals surface area contributed by atoms with Crippen molar-refractivity contribution >= 4 is 29.2 Å². The predicted molar refractivity (Wildman–Crippen MR) is 200 cm³/mol. The smallest absolute Gasteiger partial charge is 0.417 e. The molecule has 4 aromatic carbocycles. The molecule has 2 atom stereocenters. The molecule has 1 aliphatic heterocycles. The highest BCUT2D eigenvalue weighted by Crippen LogP contribution is 2.39. The molecule has 5 aromatic rings. The number of benzene rings is 4. The highest BCUT2D eigenvalue weighted by molar-refractivity contribution is 5.85. The van der Waals surface area contributed by atoms with Gasteiger partial charge in [-0.3, -0.25) is 9.69 Å². The average Bonchev–Trinajstić information content (AvgIpc) is 3.80. The molecule has 54 heavy (non-hydrogen) atoms. The normalized spacial score (nSPS) is 15.6. The number of oxazole rings is 1. The van der Waals surface area contributed by atoms with E-state index in [-0.39, 0.29) is 24.8 Å². The van der Waals surface area contributed by atoms with E-state index in [0.29, 0.717) is 59.9 Å². The molecule has 1 saturated heterocycles. The number of aliphatic carboxylic acids is 1. The Kier molecular flexibility index (Phi) is 11.2. The summed E-state index contributed by atoms with van der Waals surface area (Å²) in [5.41, 5.74) is 6.52. The Bertz CT molecular complexity index is 2270. The third-order valence-electron chi connectivity index (χ3n) is 10.0. The lowest BCUT2D eigenvalue weighted by atomic mass is 9.91. The van der Waals surface area contributed by atoms with Gasteiger partial charge in [-0.2, -0.15) is 18.4 Å². The number of hydrogen-bond donors (Lipinski definition) is 3. The number of alkyl halides is 3. The minimum atomic E-state index is -4.61. The third kappa shape index (κ3) is 8.04. The van der Waals surface area contributed by atoms with Gasteiger partial charge < -0.3 is 24.7 Å². The number of nitrogens with one attached hydrogen (secondary N) is 1. The van der Waals surface area contributed by atoms with E-state index in [1.165, 1.54) is 19.3 Å². The molecule has 12 heteroatoms. The maximum atomic E-state index is 14.3. The summed E-state index contributed by atoms with van der Waals surface area (Å²) >= 11 is 0. The Morgan fingerprint density at radius 2 is 1.80 bits per heavy atom. The molecule has 6 rings (SSSR count). The van der Waals surface area contributed by atoms with Gasteiger partial charge in [-0.1, -0.05) is 42.5 Å². The first kappa shape index (κ1) is 38.3. The van der Waals surface area contributed by atoms with Gasteiger partial charge in [0.15, 0.2) is 5.58 Å². The van der Waals surface area contributed by atoms with Crippen LogP contribution in [0.25, 0.3) is 45.8 Å². The van der Waals surface area contributed by atoms with Gasteiger partial charge in [0.2, 0.25) is 5.89 Å². The van der Waals surface area contributed by atoms with E-state index >= 15 is 0 Å². The molecule has 1 fully saturated rings. The molecular weight excluding hydrogens is 697 g/mol. The number of aliphatic hydroxyl groups is 1. The molecule has 0 spiro atoms. The summed E-state index contributed by atoms with van der Waals surface area (Å²) in [6.07, 6.45) is -0.920. The summed E-state index contributed by atoms with van der Waals surface area (Å²) in [5.74, 6) is -0.561. The minimum Gasteiger partial charge on any atom is -0.496 e. The van der Waals surface area contributed by atoms with E-state index in [1.54, 1.807) is 19.1 Å². The van der Waals surface area contributed by atoms with Crippen LogP contribution in [0.1, 0.15) is 57.9 Å². The van der Waals surface area contributed by atoms with Crippen molar-refractivity contribution in [1.29, 1.82) is 5.26 Å². The average molecular weight is 739 g/mol. The second kappa shape index (κ2) is 15.9. The molecule has 9 nitrogen and oxygen atoms in total. The first-order valence-electron chi connectivity index (χ1n) is 17.6. The molecular formula is C42H41F3N4O5. The van der Waals surface area contributed by atoms with Crippen LogP contribution in [-0.4, -0.2) is 58.9 Å². The van der Waals surface area contributed by atoms with Crippen LogP contribution >= 0.6 is 0 Å². The maximum Gasteiger partial charge on any atom is 0.417 e. The molecule has 2 heterocycles. The molecule has 3 N–H and O–H groups in total. The van der Waals surface area contributed by atoms with Crippen molar-refractivity contribution in [3.8, 4) is 34.4 Å². The van der Waals surface area contributed by atoms with Gasteiger partial charge in [0.25, 0.3) is 0 Å². The standard InChI is InChI=1S/C42H41F3N4O5/c1-24(23-50)47-20-32-17-36(42(43,44)45)29(18-38(32)53-4)12-11-28-7-5-8-33(25(28)2)34-9-6-10-35(26(34)3)40-48-37-16-27(15-31(19-46)39(37)54-40)21-49-14-13-30(22-49)41(51)52/h5-12,15-18,24,30,47,50H,13-14,20-23H2,1-4H3,(H,51,52)/b12-11+/t24?,30-/m1/s1. The number of ether oxygens (including phenoxy) is 1. The summed E-state index contributed by atoms with van der Waals surface area (Å²) in [4.78, 5) is 18.3. The number of fused-ring (bicyclic) bond motifs is 1. The van der Waals surface area contributed by atoms with Crippen molar-refractivity contribution in [1.82, 2.24) is 15.2 Å². The highest BCUT2D eigenvalue weighted by atomic mass is 19.4. The molecule has 0 amide bonds. The van der Waals surface area contributed by atoms with Crippen LogP contribution in [0, 0.1) is 31.1 Å². The third-order valence-corrected chi connectivity index (χ3v) is 10.0. The van der Waals surface area contributed by atoms with Gasteiger partial charge in [0, 0.05) is 36.8 Å².